The smallest absolute Gasteiger partial charge is 0.329 e. The van der Waals surface area contributed by atoms with Gasteiger partial charge in [0.05, 0.1) is 38.5 Å². The van der Waals surface area contributed by atoms with Crippen molar-refractivity contribution >= 4 is 111 Å². The first kappa shape index (κ1) is 57.1. The fraction of sp³-hybridized carbons (Fsp3) is 0.372. The monoisotopic (exact) mass is 1070 g/mol. The van der Waals surface area contributed by atoms with Crippen molar-refractivity contribution in [2.45, 2.75) is 69.2 Å². The van der Waals surface area contributed by atoms with Crippen molar-refractivity contribution in [1.29, 1.82) is 0 Å². The van der Waals surface area contributed by atoms with Gasteiger partial charge in [-0.3, -0.25) is 48.3 Å². The highest BCUT2D eigenvalue weighted by Gasteiger charge is 2.26. The molecule has 0 spiro atoms. The number of hydrogen-bond donors (Lipinski definition) is 13. The summed E-state index contributed by atoms with van der Waals surface area (Å²) in [6.45, 7) is -1.19. The van der Waals surface area contributed by atoms with Gasteiger partial charge in [-0.05, 0) is 74.2 Å². The zero-order chi connectivity index (χ0) is 52.7. The number of nitrogens with two attached hydrogens (primary N) is 5. The molecule has 388 valence electrons. The first-order valence-electron chi connectivity index (χ1n) is 21.8. The number of carboxylic acid groups (broad SMARTS) is 2. The Labute approximate surface area is 427 Å². The number of amides is 6. The fourth-order valence-corrected chi connectivity index (χ4v) is 10.6. The molecule has 18 N–H and O–H groups in total. The molecule has 4 atom stereocenters. The molecule has 0 radical (unpaired) electrons. The zero-order valence-corrected chi connectivity index (χ0v) is 41.6. The van der Waals surface area contributed by atoms with Gasteiger partial charge < -0.3 is 75.5 Å². The summed E-state index contributed by atoms with van der Waals surface area (Å²) in [7, 11) is 0. The SMILES string of the molecule is NC(N)=NCCC[C@H](NC(=O)CNC(=O)[C@@H](N)CC(=O)O)C(=O)NCc1ccc(-c2ccc(-c3ccc(-c4ccc(CC(=O)N[C@@H](CCCN=C(N)N)C(=O)NCC(=O)N[C@@H](COC=O)C(=O)O)s4)s3)s2)s1. The maximum Gasteiger partial charge on any atom is 0.329 e. The molecule has 0 unspecified atom stereocenters. The molecule has 0 aromatic carbocycles. The second kappa shape index (κ2) is 29.0. The van der Waals surface area contributed by atoms with Crippen LogP contribution >= 0.6 is 45.3 Å². The Morgan fingerprint density at radius 3 is 1.50 bits per heavy atom. The fourth-order valence-electron chi connectivity index (χ4n) is 6.33. The molecule has 0 aliphatic carbocycles. The van der Waals surface area contributed by atoms with Gasteiger partial charge in [-0.2, -0.15) is 0 Å². The molecule has 72 heavy (non-hydrogen) atoms. The number of carboxylic acids is 2. The van der Waals surface area contributed by atoms with Crippen molar-refractivity contribution in [3.63, 3.8) is 0 Å². The van der Waals surface area contributed by atoms with E-state index in [0.29, 0.717) is 12.8 Å². The lowest BCUT2D eigenvalue weighted by molar-refractivity contribution is -0.145. The average molecular weight is 1070 g/mol. The molecule has 25 nitrogen and oxygen atoms in total. The van der Waals surface area contributed by atoms with Gasteiger partial charge in [0.1, 0.15) is 18.7 Å². The van der Waals surface area contributed by atoms with Gasteiger partial charge in [0.2, 0.25) is 35.4 Å². The van der Waals surface area contributed by atoms with Crippen LogP contribution in [0.3, 0.4) is 0 Å². The Balaban J connectivity index is 1.33. The number of thiophene rings is 4. The number of hydrogen-bond acceptors (Lipinski definition) is 17. The summed E-state index contributed by atoms with van der Waals surface area (Å²) in [5, 5.41) is 33.0. The summed E-state index contributed by atoms with van der Waals surface area (Å²) in [6.07, 6.45) is 0.268. The summed E-state index contributed by atoms with van der Waals surface area (Å²) in [6, 6.07) is 10.6. The van der Waals surface area contributed by atoms with Crippen LogP contribution in [0.15, 0.2) is 58.5 Å². The van der Waals surface area contributed by atoms with Crippen LogP contribution < -0.4 is 60.6 Å². The number of ether oxygens (including phenoxy) is 1. The standard InChI is InChI=1S/C43H55N13O12S4/c44-24(16-37(61)62)38(63)52-18-35(59)55-26(4-2-14-50-43(47)48)39(64)51-17-23-6-8-29(70-23)31-10-12-33(72-31)32-11-9-30(71-32)28-7-5-22(69-28)15-34(58)54-25(3-1-13-49-42(45)46)40(65)53-19-36(60)56-27(41(66)67)20-68-21-57/h5-12,21,24-27H,1-4,13-20,44H2,(H,51,64)(H,52,63)(H,53,65)(H,54,58)(H,55,59)(H,56,60)(H,61,62)(H,66,67)(H4,45,46,49)(H4,47,48,50)/t24-,25-,26-,27-/m0/s1. The minimum Gasteiger partial charge on any atom is -0.481 e. The molecule has 4 aromatic rings. The first-order chi connectivity index (χ1) is 34.3. The molecule has 0 saturated carbocycles. The number of aliphatic carboxylic acids is 2. The molecule has 0 fully saturated rings. The van der Waals surface area contributed by atoms with Gasteiger partial charge in [0, 0.05) is 52.1 Å². The predicted molar refractivity (Wildman–Crippen MR) is 271 cm³/mol. The van der Waals surface area contributed by atoms with Gasteiger partial charge in [0.25, 0.3) is 6.47 Å². The van der Waals surface area contributed by atoms with Crippen molar-refractivity contribution < 1.29 is 58.1 Å². The van der Waals surface area contributed by atoms with Crippen LogP contribution in [0.25, 0.3) is 29.3 Å². The molecular formula is C43H55N13O12S4. The third kappa shape index (κ3) is 19.7. The Bertz CT molecular complexity index is 2600. The topological polar surface area (TPSA) is 430 Å². The van der Waals surface area contributed by atoms with E-state index in [1.54, 1.807) is 22.7 Å². The van der Waals surface area contributed by atoms with Gasteiger partial charge in [0.15, 0.2) is 18.0 Å². The highest BCUT2D eigenvalue weighted by molar-refractivity contribution is 7.28. The number of guanidine groups is 2. The number of nitrogens with one attached hydrogen (secondary N) is 6. The zero-order valence-electron chi connectivity index (χ0n) is 38.4. The molecule has 0 aliphatic heterocycles. The molecule has 29 heteroatoms. The number of nitrogens with zero attached hydrogens (tertiary/aromatic N) is 2. The summed E-state index contributed by atoms with van der Waals surface area (Å²) >= 11 is 6.06. The van der Waals surface area contributed by atoms with Crippen molar-refractivity contribution in [2.24, 2.45) is 38.7 Å². The van der Waals surface area contributed by atoms with Crippen LogP contribution in [0.2, 0.25) is 0 Å². The van der Waals surface area contributed by atoms with Gasteiger partial charge in [-0.25, -0.2) is 4.79 Å². The maximum atomic E-state index is 13.3. The number of carbonyl (C=O) groups is 9. The van der Waals surface area contributed by atoms with Crippen LogP contribution in [0.4, 0.5) is 0 Å². The number of carbonyl (C=O) groups excluding carboxylic acids is 7. The molecule has 0 bridgehead atoms. The van der Waals surface area contributed by atoms with Crippen LogP contribution in [0.1, 0.15) is 41.9 Å². The molecule has 6 amide bonds. The van der Waals surface area contributed by atoms with E-state index in [1.807, 2.05) is 48.5 Å². The normalized spacial score (nSPS) is 12.4. The van der Waals surface area contributed by atoms with Crippen molar-refractivity contribution in [3.05, 3.63) is 58.3 Å². The van der Waals surface area contributed by atoms with E-state index in [9.17, 15) is 48.3 Å². The van der Waals surface area contributed by atoms with E-state index >= 15 is 0 Å². The van der Waals surface area contributed by atoms with Crippen LogP contribution in [-0.4, -0.2) is 133 Å². The lowest BCUT2D eigenvalue weighted by Crippen LogP contribution is -2.51. The van der Waals surface area contributed by atoms with Crippen molar-refractivity contribution in [3.8, 4) is 29.3 Å². The van der Waals surface area contributed by atoms with Crippen LogP contribution in [0, 0.1) is 0 Å². The van der Waals surface area contributed by atoms with Crippen LogP contribution in [-0.2, 0) is 60.9 Å². The highest BCUT2D eigenvalue weighted by Crippen LogP contribution is 2.43. The molecular weight excluding hydrogens is 1020 g/mol. The summed E-state index contributed by atoms with van der Waals surface area (Å²) in [5.74, 6) is -7.02. The van der Waals surface area contributed by atoms with Gasteiger partial charge >= 0.3 is 11.9 Å². The van der Waals surface area contributed by atoms with Crippen molar-refractivity contribution in [2.75, 3.05) is 32.8 Å². The Morgan fingerprint density at radius 2 is 1.01 bits per heavy atom. The first-order valence-corrected chi connectivity index (χ1v) is 25.0. The second-order valence-corrected chi connectivity index (χ2v) is 19.9. The summed E-state index contributed by atoms with van der Waals surface area (Å²) < 4.78 is 4.42. The van der Waals surface area contributed by atoms with E-state index in [0.717, 1.165) is 39.0 Å². The molecule has 4 aromatic heterocycles. The van der Waals surface area contributed by atoms with E-state index in [-0.39, 0.29) is 57.3 Å². The number of rotatable bonds is 31. The van der Waals surface area contributed by atoms with E-state index in [4.69, 9.17) is 33.8 Å². The van der Waals surface area contributed by atoms with E-state index in [2.05, 4.69) is 46.6 Å². The number of aliphatic imine (C=N–C) groups is 2. The molecule has 4 rings (SSSR count). The Hall–Kier alpha value is -7.47. The maximum absolute atomic E-state index is 13.3. The quantitative estimate of drug-likeness (QED) is 0.0124. The average Bonchev–Trinajstić information content (AvgIpc) is 4.17. The van der Waals surface area contributed by atoms with Crippen molar-refractivity contribution in [1.82, 2.24) is 31.9 Å². The van der Waals surface area contributed by atoms with Gasteiger partial charge in [-0.1, -0.05) is 0 Å². The lowest BCUT2D eigenvalue weighted by atomic mass is 10.1. The third-order valence-electron chi connectivity index (χ3n) is 9.77. The third-order valence-corrected chi connectivity index (χ3v) is 14.7. The Morgan fingerprint density at radius 1 is 0.583 bits per heavy atom. The molecule has 0 saturated heterocycles. The molecule has 0 aliphatic rings. The Kier molecular flexibility index (Phi) is 23.0. The van der Waals surface area contributed by atoms with Crippen LogP contribution in [0.5, 0.6) is 0 Å². The highest BCUT2D eigenvalue weighted by atomic mass is 32.1. The summed E-state index contributed by atoms with van der Waals surface area (Å²) in [4.78, 5) is 125. The summed E-state index contributed by atoms with van der Waals surface area (Å²) in [5.41, 5.74) is 27.2. The van der Waals surface area contributed by atoms with E-state index in [1.165, 1.54) is 22.7 Å². The second-order valence-electron chi connectivity index (χ2n) is 15.4. The minimum atomic E-state index is -1.54. The lowest BCUT2D eigenvalue weighted by Gasteiger charge is -2.19. The molecule has 4 heterocycles. The van der Waals surface area contributed by atoms with Gasteiger partial charge in [-0.15, -0.1) is 45.3 Å². The predicted octanol–water partition coefficient (Wildman–Crippen LogP) is -1.05. The largest absolute Gasteiger partial charge is 0.481 e. The van der Waals surface area contributed by atoms with E-state index < -0.39 is 97.7 Å². The minimum absolute atomic E-state index is 0.0360.